The third-order valence-electron chi connectivity index (χ3n) is 3.27. The summed E-state index contributed by atoms with van der Waals surface area (Å²) in [4.78, 5) is 0. The molecule has 94 valence electrons. The predicted octanol–water partition coefficient (Wildman–Crippen LogP) is 2.74. The molecule has 17 heavy (non-hydrogen) atoms. The Kier molecular flexibility index (Phi) is 4.74. The summed E-state index contributed by atoms with van der Waals surface area (Å²) in [5.41, 5.74) is 2.51. The van der Waals surface area contributed by atoms with Crippen molar-refractivity contribution in [2.45, 2.75) is 51.5 Å². The fourth-order valence-corrected chi connectivity index (χ4v) is 2.37. The van der Waals surface area contributed by atoms with Crippen molar-refractivity contribution < 1.29 is 0 Å². The number of H-pyrrole nitrogens is 1. The number of aromatic amines is 1. The number of rotatable bonds is 5. The van der Waals surface area contributed by atoms with Gasteiger partial charge in [0.25, 0.3) is 0 Å². The summed E-state index contributed by atoms with van der Waals surface area (Å²) in [6, 6.07) is 0.256. The molecule has 0 fully saturated rings. The second kappa shape index (κ2) is 6.55. The van der Waals surface area contributed by atoms with E-state index < -0.39 is 0 Å². The van der Waals surface area contributed by atoms with E-state index in [0.717, 1.165) is 18.7 Å². The van der Waals surface area contributed by atoms with Gasteiger partial charge >= 0.3 is 0 Å². The van der Waals surface area contributed by atoms with Crippen molar-refractivity contribution in [1.82, 2.24) is 20.7 Å². The molecule has 1 atom stereocenters. The average molecular weight is 234 g/mol. The second-order valence-electron chi connectivity index (χ2n) is 4.66. The minimum absolute atomic E-state index is 0.256. The zero-order valence-electron chi connectivity index (χ0n) is 10.6. The predicted molar refractivity (Wildman–Crippen MR) is 68.6 cm³/mol. The van der Waals surface area contributed by atoms with Crippen molar-refractivity contribution in [3.05, 3.63) is 23.5 Å². The molecule has 4 nitrogen and oxygen atoms in total. The fraction of sp³-hybridized carbons (Fsp3) is 0.692. The van der Waals surface area contributed by atoms with E-state index in [9.17, 15) is 0 Å². The second-order valence-corrected chi connectivity index (χ2v) is 4.66. The van der Waals surface area contributed by atoms with Gasteiger partial charge in [0.05, 0.1) is 12.2 Å². The minimum Gasteiger partial charge on any atom is -0.305 e. The number of nitrogens with one attached hydrogen (secondary N) is 2. The van der Waals surface area contributed by atoms with E-state index >= 15 is 0 Å². The molecule has 2 rings (SSSR count). The summed E-state index contributed by atoms with van der Waals surface area (Å²) in [7, 11) is 0. The van der Waals surface area contributed by atoms with Crippen LogP contribution < -0.4 is 5.32 Å². The molecule has 1 aromatic rings. The Hall–Kier alpha value is -1.16. The number of allylic oxidation sites excluding steroid dienone is 1. The van der Waals surface area contributed by atoms with E-state index in [1.54, 1.807) is 0 Å². The fourth-order valence-electron chi connectivity index (χ4n) is 2.37. The summed E-state index contributed by atoms with van der Waals surface area (Å²) in [6.45, 7) is 3.21. The molecular weight excluding hydrogens is 212 g/mol. The van der Waals surface area contributed by atoms with Gasteiger partial charge in [-0.1, -0.05) is 25.0 Å². The van der Waals surface area contributed by atoms with Gasteiger partial charge in [-0.05, 0) is 38.6 Å². The Bertz CT molecular complexity index is 342. The summed E-state index contributed by atoms with van der Waals surface area (Å²) in [5.74, 6) is 0. The van der Waals surface area contributed by atoms with Crippen molar-refractivity contribution in [3.8, 4) is 0 Å². The maximum atomic E-state index is 4.24. The Morgan fingerprint density at radius 1 is 1.41 bits per heavy atom. The van der Waals surface area contributed by atoms with Gasteiger partial charge in [-0.2, -0.15) is 15.4 Å². The van der Waals surface area contributed by atoms with Crippen molar-refractivity contribution >= 4 is 0 Å². The summed E-state index contributed by atoms with van der Waals surface area (Å²) in [5, 5.41) is 14.5. The summed E-state index contributed by atoms with van der Waals surface area (Å²) in [6.07, 6.45) is 11.7. The van der Waals surface area contributed by atoms with Crippen LogP contribution in [0.4, 0.5) is 0 Å². The third-order valence-corrected chi connectivity index (χ3v) is 3.27. The van der Waals surface area contributed by atoms with Gasteiger partial charge in [-0.15, -0.1) is 0 Å². The molecule has 2 N–H and O–H groups in total. The molecule has 4 heteroatoms. The lowest BCUT2D eigenvalue weighted by atomic mass is 9.99. The van der Waals surface area contributed by atoms with Crippen LogP contribution in [-0.4, -0.2) is 22.0 Å². The highest BCUT2D eigenvalue weighted by atomic mass is 15.3. The molecule has 0 aromatic carbocycles. The lowest BCUT2D eigenvalue weighted by Crippen LogP contribution is -2.24. The number of aromatic nitrogens is 3. The van der Waals surface area contributed by atoms with E-state index in [-0.39, 0.29) is 6.04 Å². The van der Waals surface area contributed by atoms with Crippen LogP contribution in [-0.2, 0) is 0 Å². The molecule has 0 saturated carbocycles. The lowest BCUT2D eigenvalue weighted by Gasteiger charge is -2.19. The molecule has 1 aliphatic rings. The van der Waals surface area contributed by atoms with E-state index in [4.69, 9.17) is 0 Å². The molecule has 0 radical (unpaired) electrons. The average Bonchev–Trinajstić information content (AvgIpc) is 2.73. The smallest absolute Gasteiger partial charge is 0.104 e. The van der Waals surface area contributed by atoms with Gasteiger partial charge in [-0.3, -0.25) is 0 Å². The van der Waals surface area contributed by atoms with Gasteiger partial charge in [0.15, 0.2) is 0 Å². The van der Waals surface area contributed by atoms with E-state index in [1.807, 2.05) is 6.20 Å². The largest absolute Gasteiger partial charge is 0.305 e. The number of hydrogen-bond acceptors (Lipinski definition) is 3. The Morgan fingerprint density at radius 3 is 3.12 bits per heavy atom. The molecule has 0 bridgehead atoms. The normalized spacial score (nSPS) is 18.5. The van der Waals surface area contributed by atoms with Crippen LogP contribution >= 0.6 is 0 Å². The van der Waals surface area contributed by atoms with Gasteiger partial charge < -0.3 is 5.32 Å². The van der Waals surface area contributed by atoms with Crippen LogP contribution in [0, 0.1) is 0 Å². The van der Waals surface area contributed by atoms with Crippen LogP contribution in [0.5, 0.6) is 0 Å². The van der Waals surface area contributed by atoms with Crippen LogP contribution in [0.3, 0.4) is 0 Å². The zero-order valence-corrected chi connectivity index (χ0v) is 10.6. The molecule has 0 saturated heterocycles. The van der Waals surface area contributed by atoms with Crippen LogP contribution in [0.15, 0.2) is 17.8 Å². The molecule has 1 aliphatic carbocycles. The molecular formula is C13H22N4. The highest BCUT2D eigenvalue weighted by Crippen LogP contribution is 2.27. The van der Waals surface area contributed by atoms with Crippen LogP contribution in [0.2, 0.25) is 0 Å². The summed E-state index contributed by atoms with van der Waals surface area (Å²) >= 11 is 0. The SMILES string of the molecule is CCCNC(C1=CCCCCC1)c1cn[nH]n1. The van der Waals surface area contributed by atoms with E-state index in [1.165, 1.54) is 37.7 Å². The Labute approximate surface area is 103 Å². The molecule has 1 aromatic heterocycles. The molecule has 0 amide bonds. The van der Waals surface area contributed by atoms with Gasteiger partial charge in [0.1, 0.15) is 5.69 Å². The topological polar surface area (TPSA) is 53.6 Å². The molecule has 1 unspecified atom stereocenters. The Morgan fingerprint density at radius 2 is 2.35 bits per heavy atom. The highest BCUT2D eigenvalue weighted by molar-refractivity contribution is 5.20. The third kappa shape index (κ3) is 3.40. The van der Waals surface area contributed by atoms with Crippen molar-refractivity contribution in [2.75, 3.05) is 6.54 Å². The number of nitrogens with zero attached hydrogens (tertiary/aromatic N) is 2. The van der Waals surface area contributed by atoms with Crippen LogP contribution in [0.25, 0.3) is 0 Å². The minimum atomic E-state index is 0.256. The molecule has 0 spiro atoms. The summed E-state index contributed by atoms with van der Waals surface area (Å²) < 4.78 is 0. The first-order valence-electron chi connectivity index (χ1n) is 6.69. The van der Waals surface area contributed by atoms with E-state index in [2.05, 4.69) is 33.7 Å². The molecule has 0 aliphatic heterocycles. The standard InChI is InChI=1S/C13H22N4/c1-2-9-14-13(12-10-15-17-16-12)11-7-5-3-4-6-8-11/h7,10,13-14H,2-6,8-9H2,1H3,(H,15,16,17). The molecule has 1 heterocycles. The van der Waals surface area contributed by atoms with E-state index in [0.29, 0.717) is 0 Å². The lowest BCUT2D eigenvalue weighted by molar-refractivity contribution is 0.555. The van der Waals surface area contributed by atoms with Crippen molar-refractivity contribution in [2.24, 2.45) is 0 Å². The first kappa shape index (κ1) is 12.3. The zero-order chi connectivity index (χ0) is 11.9. The first-order valence-corrected chi connectivity index (χ1v) is 6.69. The quantitative estimate of drug-likeness (QED) is 0.770. The van der Waals surface area contributed by atoms with Crippen molar-refractivity contribution in [3.63, 3.8) is 0 Å². The van der Waals surface area contributed by atoms with Gasteiger partial charge in [0, 0.05) is 0 Å². The maximum Gasteiger partial charge on any atom is 0.104 e. The first-order chi connectivity index (χ1) is 8.42. The van der Waals surface area contributed by atoms with Crippen LogP contribution in [0.1, 0.15) is 57.2 Å². The number of hydrogen-bond donors (Lipinski definition) is 2. The maximum absolute atomic E-state index is 4.24. The Balaban J connectivity index is 2.11. The van der Waals surface area contributed by atoms with Gasteiger partial charge in [0.2, 0.25) is 0 Å². The monoisotopic (exact) mass is 234 g/mol. The highest BCUT2D eigenvalue weighted by Gasteiger charge is 2.18. The van der Waals surface area contributed by atoms with Crippen molar-refractivity contribution in [1.29, 1.82) is 0 Å². The van der Waals surface area contributed by atoms with Gasteiger partial charge in [-0.25, -0.2) is 0 Å².